The van der Waals surface area contributed by atoms with Gasteiger partial charge in [0.15, 0.2) is 0 Å². The summed E-state index contributed by atoms with van der Waals surface area (Å²) in [6.07, 6.45) is 8.95. The standard InChI is InChI=1S/C25H34N2O6S/c28-22(15-27-23(29)16-34-25(32)17-8-4-3-5-9-17)26-14-19-18(20-12-13-21(19)33-20)10-6-1-2-7-11-24(30)31/h1,3-6,8-9,18-21,25,32H,2,7,10-16H2,(H,26,28)(H,27,29)(H,30,31)/b6-1-/t18-,19+,20-,21+,25?/m0/s1. The number of aliphatic hydroxyl groups excluding tert-OH is 1. The average Bonchev–Trinajstić information content (AvgIpc) is 3.44. The van der Waals surface area contributed by atoms with E-state index in [2.05, 4.69) is 16.7 Å². The summed E-state index contributed by atoms with van der Waals surface area (Å²) in [5.74, 6) is -0.689. The van der Waals surface area contributed by atoms with Crippen LogP contribution in [0, 0.1) is 11.8 Å². The maximum atomic E-state index is 12.3. The van der Waals surface area contributed by atoms with E-state index in [0.29, 0.717) is 18.9 Å². The van der Waals surface area contributed by atoms with Crippen molar-refractivity contribution in [3.8, 4) is 0 Å². The molecule has 1 aromatic carbocycles. The summed E-state index contributed by atoms with van der Waals surface area (Å²) >= 11 is 1.10. The summed E-state index contributed by atoms with van der Waals surface area (Å²) in [7, 11) is 0. The van der Waals surface area contributed by atoms with E-state index in [1.807, 2.05) is 24.3 Å². The monoisotopic (exact) mass is 490 g/mol. The molecule has 2 heterocycles. The van der Waals surface area contributed by atoms with Gasteiger partial charge in [-0.05, 0) is 43.6 Å². The lowest BCUT2D eigenvalue weighted by atomic mass is 9.77. The number of carbonyl (C=O) groups excluding carboxylic acids is 2. The van der Waals surface area contributed by atoms with Crippen molar-refractivity contribution in [1.29, 1.82) is 0 Å². The lowest BCUT2D eigenvalue weighted by Crippen LogP contribution is -2.42. The van der Waals surface area contributed by atoms with Crippen LogP contribution in [-0.2, 0) is 19.1 Å². The molecule has 5 atom stereocenters. The summed E-state index contributed by atoms with van der Waals surface area (Å²) in [5.41, 5.74) is -0.0579. The van der Waals surface area contributed by atoms with Gasteiger partial charge in [0.1, 0.15) is 5.44 Å². The number of amides is 2. The van der Waals surface area contributed by atoms with E-state index in [4.69, 9.17) is 9.84 Å². The van der Waals surface area contributed by atoms with Crippen LogP contribution in [0.15, 0.2) is 42.5 Å². The number of aliphatic carboxylic acids is 1. The van der Waals surface area contributed by atoms with Gasteiger partial charge in [-0.2, -0.15) is 0 Å². The largest absolute Gasteiger partial charge is 0.481 e. The van der Waals surface area contributed by atoms with E-state index in [1.54, 1.807) is 12.1 Å². The Morgan fingerprint density at radius 3 is 2.53 bits per heavy atom. The van der Waals surface area contributed by atoms with Gasteiger partial charge in [0.05, 0.1) is 24.5 Å². The number of carboxylic acids is 1. The van der Waals surface area contributed by atoms with Crippen molar-refractivity contribution in [2.45, 2.75) is 56.2 Å². The predicted molar refractivity (Wildman–Crippen MR) is 130 cm³/mol. The summed E-state index contributed by atoms with van der Waals surface area (Å²) in [4.78, 5) is 34.9. The first-order valence-corrected chi connectivity index (χ1v) is 12.9. The molecule has 3 rings (SSSR count). The molecule has 2 aliphatic heterocycles. The molecule has 9 heteroatoms. The molecule has 34 heavy (non-hydrogen) atoms. The minimum absolute atomic E-state index is 0.0600. The van der Waals surface area contributed by atoms with Crippen LogP contribution in [0.25, 0.3) is 0 Å². The van der Waals surface area contributed by atoms with Crippen molar-refractivity contribution in [2.75, 3.05) is 18.8 Å². The topological polar surface area (TPSA) is 125 Å². The normalized spacial score (nSPS) is 24.3. The molecule has 0 aliphatic carbocycles. The minimum atomic E-state index is -0.790. The number of hydrogen-bond acceptors (Lipinski definition) is 6. The zero-order chi connectivity index (χ0) is 24.3. The number of ether oxygens (including phenoxy) is 1. The number of carboxylic acid groups (broad SMARTS) is 1. The SMILES string of the molecule is O=C(O)CCC/C=C\C[C@H]1[C@@H](CNC(=O)CNC(=O)CSC(O)c2ccccc2)[C@H]2CC[C@@H]1O2. The molecule has 2 bridgehead atoms. The van der Waals surface area contributed by atoms with Gasteiger partial charge in [0.25, 0.3) is 0 Å². The number of hydrogen-bond donors (Lipinski definition) is 4. The van der Waals surface area contributed by atoms with Crippen LogP contribution in [0.5, 0.6) is 0 Å². The van der Waals surface area contributed by atoms with Gasteiger partial charge < -0.3 is 25.6 Å². The van der Waals surface area contributed by atoms with E-state index in [-0.39, 0.29) is 48.7 Å². The third kappa shape index (κ3) is 8.14. The minimum Gasteiger partial charge on any atom is -0.481 e. The molecule has 2 saturated heterocycles. The maximum Gasteiger partial charge on any atom is 0.303 e. The Balaban J connectivity index is 1.34. The second kappa shape index (κ2) is 13.5. The fourth-order valence-electron chi connectivity index (χ4n) is 4.61. The highest BCUT2D eigenvalue weighted by Crippen LogP contribution is 2.44. The Kier molecular flexibility index (Phi) is 10.4. The van der Waals surface area contributed by atoms with Crippen LogP contribution in [0.3, 0.4) is 0 Å². The van der Waals surface area contributed by atoms with Gasteiger partial charge in [-0.3, -0.25) is 14.4 Å². The van der Waals surface area contributed by atoms with Crippen molar-refractivity contribution in [1.82, 2.24) is 10.6 Å². The second-order valence-corrected chi connectivity index (χ2v) is 9.83. The highest BCUT2D eigenvalue weighted by molar-refractivity contribution is 8.00. The third-order valence-electron chi connectivity index (χ3n) is 6.36. The van der Waals surface area contributed by atoms with Crippen molar-refractivity contribution in [2.24, 2.45) is 11.8 Å². The molecule has 1 aromatic rings. The zero-order valence-corrected chi connectivity index (χ0v) is 20.0. The molecule has 2 fully saturated rings. The first-order chi connectivity index (χ1) is 16.4. The van der Waals surface area contributed by atoms with E-state index in [0.717, 1.165) is 43.0 Å². The molecular weight excluding hydrogens is 456 g/mol. The molecule has 1 unspecified atom stereocenters. The zero-order valence-electron chi connectivity index (χ0n) is 19.2. The van der Waals surface area contributed by atoms with Gasteiger partial charge in [-0.1, -0.05) is 42.5 Å². The number of nitrogens with one attached hydrogen (secondary N) is 2. The number of rotatable bonds is 14. The smallest absolute Gasteiger partial charge is 0.303 e. The number of allylic oxidation sites excluding steroid dienone is 2. The van der Waals surface area contributed by atoms with E-state index in [1.165, 1.54) is 0 Å². The summed E-state index contributed by atoms with van der Waals surface area (Å²) in [5, 5.41) is 24.4. The molecule has 2 aliphatic rings. The first-order valence-electron chi connectivity index (χ1n) is 11.8. The maximum absolute atomic E-state index is 12.3. The highest BCUT2D eigenvalue weighted by Gasteiger charge is 2.47. The molecule has 0 aromatic heterocycles. The van der Waals surface area contributed by atoms with Crippen LogP contribution in [0.1, 0.15) is 49.5 Å². The van der Waals surface area contributed by atoms with Gasteiger partial charge in [0, 0.05) is 18.9 Å². The summed E-state index contributed by atoms with van der Waals surface area (Å²) < 4.78 is 6.07. The Bertz CT molecular complexity index is 849. The number of carbonyl (C=O) groups is 3. The van der Waals surface area contributed by atoms with E-state index >= 15 is 0 Å². The number of fused-ring (bicyclic) bond motifs is 2. The van der Waals surface area contributed by atoms with Crippen LogP contribution >= 0.6 is 11.8 Å². The van der Waals surface area contributed by atoms with Gasteiger partial charge in [-0.25, -0.2) is 0 Å². The van der Waals surface area contributed by atoms with E-state index in [9.17, 15) is 19.5 Å². The molecule has 2 amide bonds. The summed E-state index contributed by atoms with van der Waals surface area (Å²) in [6.45, 7) is 0.408. The van der Waals surface area contributed by atoms with Crippen LogP contribution in [-0.4, -0.2) is 59.0 Å². The predicted octanol–water partition coefficient (Wildman–Crippen LogP) is 2.64. The van der Waals surface area contributed by atoms with Crippen LogP contribution in [0.2, 0.25) is 0 Å². The van der Waals surface area contributed by atoms with Gasteiger partial charge >= 0.3 is 5.97 Å². The Labute approximate surface area is 204 Å². The molecule has 0 radical (unpaired) electrons. The van der Waals surface area contributed by atoms with Gasteiger partial charge in [-0.15, -0.1) is 11.8 Å². The van der Waals surface area contributed by atoms with Crippen molar-refractivity contribution in [3.05, 3.63) is 48.0 Å². The molecule has 0 spiro atoms. The second-order valence-electron chi connectivity index (χ2n) is 8.77. The van der Waals surface area contributed by atoms with Crippen molar-refractivity contribution < 1.29 is 29.3 Å². The lowest BCUT2D eigenvalue weighted by Gasteiger charge is -2.27. The Morgan fingerprint density at radius 1 is 1.06 bits per heavy atom. The Hall–Kier alpha value is -2.36. The quantitative estimate of drug-likeness (QED) is 0.179. The van der Waals surface area contributed by atoms with E-state index < -0.39 is 11.4 Å². The molecule has 4 N–H and O–H groups in total. The van der Waals surface area contributed by atoms with Crippen LogP contribution in [0.4, 0.5) is 0 Å². The fraction of sp³-hybridized carbons (Fsp3) is 0.560. The highest BCUT2D eigenvalue weighted by atomic mass is 32.2. The number of aliphatic hydroxyl groups is 1. The third-order valence-corrected chi connectivity index (χ3v) is 7.38. The van der Waals surface area contributed by atoms with Crippen molar-refractivity contribution >= 4 is 29.5 Å². The van der Waals surface area contributed by atoms with Gasteiger partial charge in [0.2, 0.25) is 11.8 Å². The summed E-state index contributed by atoms with van der Waals surface area (Å²) in [6, 6.07) is 9.11. The molecular formula is C25H34N2O6S. The Morgan fingerprint density at radius 2 is 1.79 bits per heavy atom. The number of thioether (sulfide) groups is 1. The molecule has 186 valence electrons. The first kappa shape index (κ1) is 26.2. The fourth-order valence-corrected chi connectivity index (χ4v) is 5.38. The van der Waals surface area contributed by atoms with Crippen molar-refractivity contribution in [3.63, 3.8) is 0 Å². The number of unbranched alkanes of at least 4 members (excludes halogenated alkanes) is 1. The number of benzene rings is 1. The molecule has 0 saturated carbocycles. The average molecular weight is 491 g/mol. The lowest BCUT2D eigenvalue weighted by molar-refractivity contribution is -0.137. The molecule has 8 nitrogen and oxygen atoms in total. The van der Waals surface area contributed by atoms with Crippen LogP contribution < -0.4 is 10.6 Å².